The lowest BCUT2D eigenvalue weighted by Crippen LogP contribution is -2.06. The Balaban J connectivity index is 1.56. The van der Waals surface area contributed by atoms with E-state index in [4.69, 9.17) is 4.52 Å². The van der Waals surface area contributed by atoms with Crippen molar-refractivity contribution in [2.45, 2.75) is 39.0 Å². The average Bonchev–Trinajstić information content (AvgIpc) is 3.27. The Morgan fingerprint density at radius 3 is 2.96 bits per heavy atom. The van der Waals surface area contributed by atoms with Gasteiger partial charge in [-0.05, 0) is 42.9 Å². The molecule has 0 aliphatic heterocycles. The first-order chi connectivity index (χ1) is 11.6. The van der Waals surface area contributed by atoms with Crippen LogP contribution in [0.15, 0.2) is 28.9 Å². The number of carbonyl (C=O) groups excluding carboxylic acids is 1. The first kappa shape index (κ1) is 14.8. The number of carbonyl (C=O) groups is 1. The third-order valence-corrected chi connectivity index (χ3v) is 4.69. The minimum Gasteiger partial charge on any atom is -0.339 e. The fourth-order valence-electron chi connectivity index (χ4n) is 3.44. The van der Waals surface area contributed by atoms with Crippen LogP contribution >= 0.6 is 0 Å². The number of nitrogens with zero attached hydrogens (tertiary/aromatic N) is 3. The average molecular weight is 322 g/mol. The summed E-state index contributed by atoms with van der Waals surface area (Å²) in [5.41, 5.74) is 5.02. The number of aromatic nitrogens is 4. The van der Waals surface area contributed by atoms with Gasteiger partial charge in [0.25, 0.3) is 0 Å². The predicted molar refractivity (Wildman–Crippen MR) is 87.8 cm³/mol. The van der Waals surface area contributed by atoms with Gasteiger partial charge in [0.1, 0.15) is 0 Å². The highest BCUT2D eigenvalue weighted by molar-refractivity contribution is 5.97. The van der Waals surface area contributed by atoms with Crippen LogP contribution in [0.5, 0.6) is 0 Å². The second kappa shape index (κ2) is 5.70. The van der Waals surface area contributed by atoms with Crippen LogP contribution in [0.4, 0.5) is 0 Å². The number of hydrogen-bond acceptors (Lipinski definition) is 5. The van der Waals surface area contributed by atoms with Gasteiger partial charge < -0.3 is 4.52 Å². The molecule has 0 fully saturated rings. The molecule has 1 aromatic carbocycles. The van der Waals surface area contributed by atoms with Crippen LogP contribution in [0.3, 0.4) is 0 Å². The maximum Gasteiger partial charge on any atom is 0.223 e. The van der Waals surface area contributed by atoms with Gasteiger partial charge in [-0.2, -0.15) is 10.1 Å². The quantitative estimate of drug-likeness (QED) is 0.744. The van der Waals surface area contributed by atoms with Crippen LogP contribution in [0.2, 0.25) is 0 Å². The highest BCUT2D eigenvalue weighted by Gasteiger charge is 2.26. The van der Waals surface area contributed by atoms with E-state index in [1.807, 2.05) is 13.0 Å². The molecular weight excluding hydrogens is 304 g/mol. The molecule has 0 amide bonds. The molecule has 1 atom stereocenters. The third-order valence-electron chi connectivity index (χ3n) is 4.69. The molecule has 1 aliphatic rings. The normalized spacial score (nSPS) is 16.3. The van der Waals surface area contributed by atoms with Gasteiger partial charge in [-0.3, -0.25) is 9.89 Å². The van der Waals surface area contributed by atoms with E-state index in [2.05, 4.69) is 32.5 Å². The number of H-pyrrole nitrogens is 1. The van der Waals surface area contributed by atoms with E-state index in [9.17, 15) is 4.79 Å². The van der Waals surface area contributed by atoms with Crippen LogP contribution in [0.25, 0.3) is 11.4 Å². The van der Waals surface area contributed by atoms with Gasteiger partial charge in [-0.25, -0.2) is 0 Å². The monoisotopic (exact) mass is 322 g/mol. The summed E-state index contributed by atoms with van der Waals surface area (Å²) in [6.07, 6.45) is 4.11. The molecule has 0 bridgehead atoms. The van der Waals surface area contributed by atoms with Gasteiger partial charge in [-0.15, -0.1) is 0 Å². The van der Waals surface area contributed by atoms with Crippen molar-refractivity contribution in [1.29, 1.82) is 0 Å². The Hall–Kier alpha value is -2.76. The van der Waals surface area contributed by atoms with Gasteiger partial charge in [0.2, 0.25) is 11.7 Å². The number of benzene rings is 1. The minimum atomic E-state index is 0.150. The Labute approximate surface area is 139 Å². The zero-order chi connectivity index (χ0) is 16.7. The summed E-state index contributed by atoms with van der Waals surface area (Å²) in [5, 5.41) is 10.7. The molecule has 1 N–H and O–H groups in total. The summed E-state index contributed by atoms with van der Waals surface area (Å²) in [6.45, 7) is 3.66. The van der Waals surface area contributed by atoms with E-state index >= 15 is 0 Å². The van der Waals surface area contributed by atoms with Crippen LogP contribution in [-0.4, -0.2) is 26.1 Å². The number of nitrogens with one attached hydrogen (secondary N) is 1. The summed E-state index contributed by atoms with van der Waals surface area (Å²) in [6, 6.07) is 6.23. The lowest BCUT2D eigenvalue weighted by atomic mass is 9.93. The summed E-state index contributed by atoms with van der Waals surface area (Å²) in [4.78, 5) is 16.8. The maximum absolute atomic E-state index is 12.5. The first-order valence-corrected chi connectivity index (χ1v) is 8.08. The lowest BCUT2D eigenvalue weighted by Gasteiger charge is -2.11. The minimum absolute atomic E-state index is 0.150. The van der Waals surface area contributed by atoms with E-state index in [0.29, 0.717) is 23.7 Å². The van der Waals surface area contributed by atoms with E-state index in [1.165, 1.54) is 11.1 Å². The molecule has 0 spiro atoms. The SMILES string of the molecule is Cc1nc(-c2ccc3c(c2)CCC3CC(=O)c2cn[nH]c2C)no1. The van der Waals surface area contributed by atoms with E-state index in [1.54, 1.807) is 13.1 Å². The van der Waals surface area contributed by atoms with Crippen molar-refractivity contribution in [3.05, 3.63) is 52.7 Å². The zero-order valence-electron chi connectivity index (χ0n) is 13.7. The molecule has 2 aromatic heterocycles. The Morgan fingerprint density at radius 1 is 1.38 bits per heavy atom. The molecular formula is C18H18N4O2. The first-order valence-electron chi connectivity index (χ1n) is 8.08. The van der Waals surface area contributed by atoms with Crippen molar-refractivity contribution in [1.82, 2.24) is 20.3 Å². The summed E-state index contributed by atoms with van der Waals surface area (Å²) in [5.74, 6) is 1.59. The van der Waals surface area contributed by atoms with Crippen molar-refractivity contribution in [2.75, 3.05) is 0 Å². The third kappa shape index (κ3) is 2.54. The predicted octanol–water partition coefficient (Wildman–Crippen LogP) is 3.38. The zero-order valence-corrected chi connectivity index (χ0v) is 13.7. The molecule has 122 valence electrons. The van der Waals surface area contributed by atoms with Gasteiger partial charge in [-0.1, -0.05) is 17.3 Å². The fraction of sp³-hybridized carbons (Fsp3) is 0.333. The van der Waals surface area contributed by atoms with Crippen LogP contribution in [-0.2, 0) is 6.42 Å². The largest absolute Gasteiger partial charge is 0.339 e. The molecule has 3 aromatic rings. The number of hydrogen-bond donors (Lipinski definition) is 1. The molecule has 6 heteroatoms. The van der Waals surface area contributed by atoms with Crippen molar-refractivity contribution < 1.29 is 9.32 Å². The standard InChI is InChI=1S/C18H18N4O2/c1-10-16(9-19-21-10)17(23)8-13-4-3-12-7-14(5-6-15(12)13)18-20-11(2)24-22-18/h5-7,9,13H,3-4,8H2,1-2H3,(H,19,21). The molecule has 0 saturated heterocycles. The number of ketones is 1. The fourth-order valence-corrected chi connectivity index (χ4v) is 3.44. The second-order valence-electron chi connectivity index (χ2n) is 6.32. The van der Waals surface area contributed by atoms with Gasteiger partial charge in [0.15, 0.2) is 5.78 Å². The number of Topliss-reactive ketones (excluding diaryl/α,β-unsaturated/α-hetero) is 1. The molecule has 0 saturated carbocycles. The van der Waals surface area contributed by atoms with Gasteiger partial charge in [0, 0.05) is 24.6 Å². The molecule has 0 radical (unpaired) electrons. The smallest absolute Gasteiger partial charge is 0.223 e. The van der Waals surface area contributed by atoms with Gasteiger partial charge in [0.05, 0.1) is 11.8 Å². The molecule has 1 aliphatic carbocycles. The van der Waals surface area contributed by atoms with Crippen molar-refractivity contribution in [3.63, 3.8) is 0 Å². The highest BCUT2D eigenvalue weighted by atomic mass is 16.5. The van der Waals surface area contributed by atoms with Crippen LogP contribution in [0, 0.1) is 13.8 Å². The van der Waals surface area contributed by atoms with Crippen LogP contribution < -0.4 is 0 Å². The molecule has 1 unspecified atom stereocenters. The van der Waals surface area contributed by atoms with E-state index in [0.717, 1.165) is 24.1 Å². The molecule has 4 rings (SSSR count). The molecule has 24 heavy (non-hydrogen) atoms. The topological polar surface area (TPSA) is 84.7 Å². The Bertz CT molecular complexity index is 909. The van der Waals surface area contributed by atoms with E-state index in [-0.39, 0.29) is 11.7 Å². The highest BCUT2D eigenvalue weighted by Crippen LogP contribution is 2.38. The van der Waals surface area contributed by atoms with Crippen molar-refractivity contribution in [3.8, 4) is 11.4 Å². The Morgan fingerprint density at radius 2 is 2.25 bits per heavy atom. The summed E-state index contributed by atoms with van der Waals surface area (Å²) < 4.78 is 5.05. The number of fused-ring (bicyclic) bond motifs is 1. The summed E-state index contributed by atoms with van der Waals surface area (Å²) in [7, 11) is 0. The number of aromatic amines is 1. The summed E-state index contributed by atoms with van der Waals surface area (Å²) >= 11 is 0. The lowest BCUT2D eigenvalue weighted by molar-refractivity contribution is 0.0973. The van der Waals surface area contributed by atoms with E-state index < -0.39 is 0 Å². The molecule has 2 heterocycles. The van der Waals surface area contributed by atoms with Crippen LogP contribution in [0.1, 0.15) is 51.8 Å². The van der Waals surface area contributed by atoms with Crippen molar-refractivity contribution in [2.24, 2.45) is 0 Å². The van der Waals surface area contributed by atoms with Crippen molar-refractivity contribution >= 4 is 5.78 Å². The second-order valence-corrected chi connectivity index (χ2v) is 6.32. The Kier molecular flexibility index (Phi) is 3.52. The maximum atomic E-state index is 12.5. The molecule has 6 nitrogen and oxygen atoms in total. The number of aryl methyl sites for hydroxylation is 3. The number of rotatable bonds is 4. The van der Waals surface area contributed by atoms with Gasteiger partial charge >= 0.3 is 0 Å².